The molecule has 4 rings (SSSR count). The summed E-state index contributed by atoms with van der Waals surface area (Å²) in [4.78, 5) is 8.28. The fourth-order valence-electron chi connectivity index (χ4n) is 5.12. The van der Waals surface area contributed by atoms with Crippen LogP contribution in [0.25, 0.3) is 16.6 Å². The second-order valence-corrected chi connectivity index (χ2v) is 9.79. The van der Waals surface area contributed by atoms with Gasteiger partial charge in [0.25, 0.3) is 0 Å². The van der Waals surface area contributed by atoms with Gasteiger partial charge in [-0.1, -0.05) is 20.8 Å². The van der Waals surface area contributed by atoms with E-state index in [0.717, 1.165) is 17.8 Å². The van der Waals surface area contributed by atoms with Crippen LogP contribution >= 0.6 is 0 Å². The summed E-state index contributed by atoms with van der Waals surface area (Å²) in [5.74, 6) is 0.355. The van der Waals surface area contributed by atoms with Crippen molar-refractivity contribution in [3.05, 3.63) is 59.0 Å². The molecule has 1 aromatic carbocycles. The Bertz CT molecular complexity index is 1140. The molecule has 0 saturated carbocycles. The van der Waals surface area contributed by atoms with E-state index >= 15 is 0 Å². The van der Waals surface area contributed by atoms with Crippen LogP contribution in [0.2, 0.25) is 0 Å². The van der Waals surface area contributed by atoms with Crippen molar-refractivity contribution in [1.82, 2.24) is 19.4 Å². The number of alkyl halides is 3. The maximum Gasteiger partial charge on any atom is 0.401 e. The minimum Gasteiger partial charge on any atom is -0.313 e. The predicted octanol–water partition coefficient (Wildman–Crippen LogP) is 6.26. The molecule has 1 aliphatic rings. The van der Waals surface area contributed by atoms with Gasteiger partial charge in [-0.3, -0.25) is 14.8 Å². The van der Waals surface area contributed by atoms with Crippen LogP contribution in [0.15, 0.2) is 36.5 Å². The second-order valence-electron chi connectivity index (χ2n) is 9.79. The lowest BCUT2D eigenvalue weighted by Crippen LogP contribution is -2.49. The molecule has 0 amide bonds. The molecular weight excluding hydrogens is 437 g/mol. The van der Waals surface area contributed by atoms with Gasteiger partial charge in [0, 0.05) is 60.9 Å². The van der Waals surface area contributed by atoms with E-state index in [2.05, 4.69) is 79.4 Å². The monoisotopic (exact) mass is 472 g/mol. The summed E-state index contributed by atoms with van der Waals surface area (Å²) in [7, 11) is 0. The summed E-state index contributed by atoms with van der Waals surface area (Å²) < 4.78 is 40.6. The van der Waals surface area contributed by atoms with E-state index < -0.39 is 12.7 Å². The molecule has 184 valence electrons. The Morgan fingerprint density at radius 1 is 1.00 bits per heavy atom. The van der Waals surface area contributed by atoms with Gasteiger partial charge >= 0.3 is 6.18 Å². The second kappa shape index (κ2) is 9.70. The minimum atomic E-state index is -4.14. The number of pyridine rings is 1. The molecule has 7 heteroatoms. The molecule has 2 aromatic heterocycles. The summed E-state index contributed by atoms with van der Waals surface area (Å²) in [6.07, 6.45) is -1.36. The SMILES string of the molecule is CCc1cc(-n2c(C(C)C)cc3cc(C(C)N4CCN(CC(F)(F)F)CC4)c(C)cc32)ccn1. The van der Waals surface area contributed by atoms with E-state index in [1.807, 2.05) is 6.20 Å². The van der Waals surface area contributed by atoms with Gasteiger partial charge in [-0.15, -0.1) is 0 Å². The maximum atomic E-state index is 12.8. The van der Waals surface area contributed by atoms with Gasteiger partial charge in [0.2, 0.25) is 0 Å². The number of halogens is 3. The Morgan fingerprint density at radius 3 is 2.32 bits per heavy atom. The number of nitrogens with zero attached hydrogens (tertiary/aromatic N) is 4. The first-order valence-electron chi connectivity index (χ1n) is 12.2. The molecule has 0 bridgehead atoms. The molecule has 0 N–H and O–H groups in total. The number of aryl methyl sites for hydroxylation is 2. The lowest BCUT2D eigenvalue weighted by molar-refractivity contribution is -0.149. The van der Waals surface area contributed by atoms with E-state index in [0.29, 0.717) is 32.1 Å². The van der Waals surface area contributed by atoms with Crippen molar-refractivity contribution >= 4 is 10.9 Å². The molecule has 1 aliphatic heterocycles. The van der Waals surface area contributed by atoms with Crippen molar-refractivity contribution in [2.45, 2.75) is 59.2 Å². The Morgan fingerprint density at radius 2 is 1.71 bits per heavy atom. The fourth-order valence-corrected chi connectivity index (χ4v) is 5.12. The molecule has 1 atom stereocenters. The van der Waals surface area contributed by atoms with Gasteiger partial charge in [-0.05, 0) is 67.6 Å². The molecule has 1 saturated heterocycles. The molecule has 1 fully saturated rings. The van der Waals surface area contributed by atoms with E-state index in [1.165, 1.54) is 32.6 Å². The smallest absolute Gasteiger partial charge is 0.313 e. The molecule has 1 unspecified atom stereocenters. The first-order chi connectivity index (χ1) is 16.1. The normalized spacial score (nSPS) is 17.1. The van der Waals surface area contributed by atoms with Gasteiger partial charge in [-0.25, -0.2) is 0 Å². The summed E-state index contributed by atoms with van der Waals surface area (Å²) in [6, 6.07) is 11.2. The van der Waals surface area contributed by atoms with Crippen molar-refractivity contribution in [3.8, 4) is 5.69 Å². The Balaban J connectivity index is 1.65. The third kappa shape index (κ3) is 5.15. The van der Waals surface area contributed by atoms with Crippen molar-refractivity contribution in [3.63, 3.8) is 0 Å². The van der Waals surface area contributed by atoms with Crippen LogP contribution in [-0.4, -0.2) is 58.3 Å². The zero-order valence-corrected chi connectivity index (χ0v) is 20.8. The van der Waals surface area contributed by atoms with E-state index in [9.17, 15) is 13.2 Å². The van der Waals surface area contributed by atoms with Crippen LogP contribution < -0.4 is 0 Å². The number of hydrogen-bond acceptors (Lipinski definition) is 3. The highest BCUT2D eigenvalue weighted by Crippen LogP contribution is 2.34. The number of aromatic nitrogens is 2. The number of hydrogen-bond donors (Lipinski definition) is 0. The lowest BCUT2D eigenvalue weighted by atomic mass is 9.98. The molecule has 3 aromatic rings. The number of fused-ring (bicyclic) bond motifs is 1. The first-order valence-corrected chi connectivity index (χ1v) is 12.2. The Hall–Kier alpha value is -2.38. The number of rotatable bonds is 6. The van der Waals surface area contributed by atoms with Crippen LogP contribution in [0.5, 0.6) is 0 Å². The summed E-state index contributed by atoms with van der Waals surface area (Å²) >= 11 is 0. The third-order valence-electron chi connectivity index (χ3n) is 7.04. The molecule has 0 radical (unpaired) electrons. The molecule has 3 heterocycles. The molecule has 0 spiro atoms. The topological polar surface area (TPSA) is 24.3 Å². The first kappa shape index (κ1) is 24.7. The Labute approximate surface area is 200 Å². The van der Waals surface area contributed by atoms with E-state index in [-0.39, 0.29) is 6.04 Å². The highest BCUT2D eigenvalue weighted by molar-refractivity contribution is 5.85. The van der Waals surface area contributed by atoms with E-state index in [4.69, 9.17) is 0 Å². The Kier molecular flexibility index (Phi) is 7.06. The number of benzene rings is 1. The highest BCUT2D eigenvalue weighted by atomic mass is 19.4. The van der Waals surface area contributed by atoms with Gasteiger partial charge in [0.1, 0.15) is 0 Å². The average molecular weight is 473 g/mol. The maximum absolute atomic E-state index is 12.8. The van der Waals surface area contributed by atoms with Crippen LogP contribution in [-0.2, 0) is 6.42 Å². The van der Waals surface area contributed by atoms with E-state index in [1.54, 1.807) is 0 Å². The largest absolute Gasteiger partial charge is 0.401 e. The van der Waals surface area contributed by atoms with Gasteiger partial charge < -0.3 is 4.57 Å². The summed E-state index contributed by atoms with van der Waals surface area (Å²) in [6.45, 7) is 12.2. The quantitative estimate of drug-likeness (QED) is 0.423. The van der Waals surface area contributed by atoms with Crippen molar-refractivity contribution in [2.24, 2.45) is 0 Å². The lowest BCUT2D eigenvalue weighted by Gasteiger charge is -2.38. The number of piperazine rings is 1. The molecule has 34 heavy (non-hydrogen) atoms. The zero-order valence-electron chi connectivity index (χ0n) is 20.8. The van der Waals surface area contributed by atoms with Crippen LogP contribution in [0, 0.1) is 6.92 Å². The van der Waals surface area contributed by atoms with Crippen molar-refractivity contribution in [1.29, 1.82) is 0 Å². The molecule has 4 nitrogen and oxygen atoms in total. The highest BCUT2D eigenvalue weighted by Gasteiger charge is 2.33. The fraction of sp³-hybridized carbons (Fsp3) is 0.519. The molecule has 0 aliphatic carbocycles. The summed E-state index contributed by atoms with van der Waals surface area (Å²) in [5.41, 5.74) is 7.09. The average Bonchev–Trinajstić information content (AvgIpc) is 3.16. The third-order valence-corrected chi connectivity index (χ3v) is 7.04. The van der Waals surface area contributed by atoms with Gasteiger partial charge in [-0.2, -0.15) is 13.2 Å². The minimum absolute atomic E-state index is 0.149. The standard InChI is InChI=1S/C27H35F3N4/c1-6-22-16-23(7-8-31-22)34-25(18(2)3)15-21-14-24(19(4)13-26(21)34)20(5)33-11-9-32(10-12-33)17-27(28,29)30/h7-8,13-16,18,20H,6,9-12,17H2,1-5H3. The zero-order chi connectivity index (χ0) is 24.6. The van der Waals surface area contributed by atoms with Crippen molar-refractivity contribution in [2.75, 3.05) is 32.7 Å². The van der Waals surface area contributed by atoms with Gasteiger partial charge in [0.15, 0.2) is 0 Å². The van der Waals surface area contributed by atoms with Crippen LogP contribution in [0.4, 0.5) is 13.2 Å². The van der Waals surface area contributed by atoms with Crippen LogP contribution in [0.3, 0.4) is 0 Å². The van der Waals surface area contributed by atoms with Crippen LogP contribution in [0.1, 0.15) is 62.2 Å². The summed E-state index contributed by atoms with van der Waals surface area (Å²) in [5, 5.41) is 1.20. The predicted molar refractivity (Wildman–Crippen MR) is 132 cm³/mol. The van der Waals surface area contributed by atoms with Crippen molar-refractivity contribution < 1.29 is 13.2 Å². The molecular formula is C27H35F3N4. The van der Waals surface area contributed by atoms with Gasteiger partial charge in [0.05, 0.1) is 12.1 Å².